The van der Waals surface area contributed by atoms with E-state index in [2.05, 4.69) is 5.32 Å². The number of methoxy groups -OCH3 is 1. The van der Waals surface area contributed by atoms with E-state index in [1.54, 1.807) is 0 Å². The molecule has 5 heteroatoms. The molecule has 0 saturated heterocycles. The fourth-order valence-corrected chi connectivity index (χ4v) is 2.74. The Balaban J connectivity index is 2.23. The van der Waals surface area contributed by atoms with E-state index in [0.717, 1.165) is 25.7 Å². The Morgan fingerprint density at radius 1 is 1.47 bits per heavy atom. The van der Waals surface area contributed by atoms with Crippen molar-refractivity contribution in [1.29, 1.82) is 0 Å². The largest absolute Gasteiger partial charge is 0.468 e. The Morgan fingerprint density at radius 2 is 2.16 bits per heavy atom. The number of ether oxygens (including phenoxy) is 1. The number of hydrogen-bond donors (Lipinski definition) is 1. The molecule has 3 nitrogen and oxygen atoms in total. The molecule has 1 aliphatic rings. The fourth-order valence-electron chi connectivity index (χ4n) is 2.47. The van der Waals surface area contributed by atoms with Gasteiger partial charge >= 0.3 is 5.97 Å². The van der Waals surface area contributed by atoms with Crippen LogP contribution in [0, 0.1) is 5.82 Å². The van der Waals surface area contributed by atoms with Crippen LogP contribution in [0.25, 0.3) is 0 Å². The molecule has 1 saturated carbocycles. The monoisotopic (exact) mass is 285 g/mol. The highest BCUT2D eigenvalue weighted by Crippen LogP contribution is 2.28. The van der Waals surface area contributed by atoms with Crippen molar-refractivity contribution in [3.63, 3.8) is 0 Å². The third-order valence-corrected chi connectivity index (χ3v) is 3.80. The molecule has 1 aromatic carbocycles. The molecule has 1 aliphatic carbocycles. The van der Waals surface area contributed by atoms with Gasteiger partial charge in [-0.2, -0.15) is 0 Å². The highest BCUT2D eigenvalue weighted by molar-refractivity contribution is 6.31. The molecule has 1 aromatic rings. The van der Waals surface area contributed by atoms with E-state index in [1.807, 2.05) is 0 Å². The van der Waals surface area contributed by atoms with Gasteiger partial charge in [0.15, 0.2) is 0 Å². The van der Waals surface area contributed by atoms with Gasteiger partial charge in [-0.05, 0) is 30.5 Å². The number of benzene rings is 1. The molecule has 104 valence electrons. The number of esters is 1. The molecule has 1 fully saturated rings. The summed E-state index contributed by atoms with van der Waals surface area (Å²) in [6, 6.07) is 3.68. The SMILES string of the molecule is COC(=O)C(NC1CCCC1)c1ccc(F)cc1Cl. The molecule has 0 spiro atoms. The molecular weight excluding hydrogens is 269 g/mol. The van der Waals surface area contributed by atoms with Gasteiger partial charge in [-0.3, -0.25) is 5.32 Å². The first kappa shape index (κ1) is 14.3. The highest BCUT2D eigenvalue weighted by Gasteiger charge is 2.28. The Labute approximate surface area is 117 Å². The maximum Gasteiger partial charge on any atom is 0.327 e. The van der Waals surface area contributed by atoms with Crippen LogP contribution in [0.5, 0.6) is 0 Å². The first-order chi connectivity index (χ1) is 9.11. The predicted octanol–water partition coefficient (Wildman–Crippen LogP) is 3.23. The summed E-state index contributed by atoms with van der Waals surface area (Å²) >= 11 is 6.02. The lowest BCUT2D eigenvalue weighted by atomic mass is 10.0. The van der Waals surface area contributed by atoms with Gasteiger partial charge in [0.2, 0.25) is 0 Å². The van der Waals surface area contributed by atoms with Gasteiger partial charge in [-0.15, -0.1) is 0 Å². The second-order valence-corrected chi connectivity index (χ2v) is 5.18. The van der Waals surface area contributed by atoms with Crippen molar-refractivity contribution in [3.8, 4) is 0 Å². The lowest BCUT2D eigenvalue weighted by Gasteiger charge is -2.22. The number of hydrogen-bond acceptors (Lipinski definition) is 3. The topological polar surface area (TPSA) is 38.3 Å². The van der Waals surface area contributed by atoms with E-state index in [4.69, 9.17) is 16.3 Å². The minimum absolute atomic E-state index is 0.237. The minimum atomic E-state index is -0.638. The second kappa shape index (κ2) is 6.35. The minimum Gasteiger partial charge on any atom is -0.468 e. The van der Waals surface area contributed by atoms with Gasteiger partial charge < -0.3 is 4.74 Å². The summed E-state index contributed by atoms with van der Waals surface area (Å²) in [5.74, 6) is -0.821. The molecule has 1 atom stereocenters. The summed E-state index contributed by atoms with van der Waals surface area (Å²) < 4.78 is 17.9. The van der Waals surface area contributed by atoms with Crippen LogP contribution in [-0.2, 0) is 9.53 Å². The molecule has 19 heavy (non-hydrogen) atoms. The van der Waals surface area contributed by atoms with E-state index in [1.165, 1.54) is 25.3 Å². The van der Waals surface area contributed by atoms with Crippen molar-refractivity contribution in [3.05, 3.63) is 34.6 Å². The fraction of sp³-hybridized carbons (Fsp3) is 0.500. The average Bonchev–Trinajstić information content (AvgIpc) is 2.89. The maximum absolute atomic E-state index is 13.1. The zero-order chi connectivity index (χ0) is 13.8. The zero-order valence-electron chi connectivity index (χ0n) is 10.8. The Hall–Kier alpha value is -1.13. The maximum atomic E-state index is 13.1. The highest BCUT2D eigenvalue weighted by atomic mass is 35.5. The summed E-state index contributed by atoms with van der Waals surface area (Å²) in [6.45, 7) is 0. The van der Waals surface area contributed by atoms with Gasteiger partial charge in [0.05, 0.1) is 7.11 Å². The molecule has 0 amide bonds. The molecule has 0 aliphatic heterocycles. The van der Waals surface area contributed by atoms with E-state index in [0.29, 0.717) is 5.56 Å². The van der Waals surface area contributed by atoms with Crippen molar-refractivity contribution < 1.29 is 13.9 Å². The van der Waals surface area contributed by atoms with Crippen LogP contribution in [0.15, 0.2) is 18.2 Å². The molecular formula is C14H17ClFNO2. The molecule has 0 heterocycles. The van der Waals surface area contributed by atoms with E-state index in [9.17, 15) is 9.18 Å². The van der Waals surface area contributed by atoms with Crippen molar-refractivity contribution in [2.45, 2.75) is 37.8 Å². The number of halogens is 2. The average molecular weight is 286 g/mol. The summed E-state index contributed by atoms with van der Waals surface area (Å²) in [5, 5.41) is 3.50. The Morgan fingerprint density at radius 3 is 2.74 bits per heavy atom. The molecule has 0 aromatic heterocycles. The van der Waals surface area contributed by atoms with Gasteiger partial charge in [0.25, 0.3) is 0 Å². The van der Waals surface area contributed by atoms with Crippen molar-refractivity contribution in [1.82, 2.24) is 5.32 Å². The van der Waals surface area contributed by atoms with Crippen LogP contribution in [0.2, 0.25) is 5.02 Å². The second-order valence-electron chi connectivity index (χ2n) is 4.77. The third-order valence-electron chi connectivity index (χ3n) is 3.47. The van der Waals surface area contributed by atoms with Crippen LogP contribution < -0.4 is 5.32 Å². The van der Waals surface area contributed by atoms with Crippen LogP contribution >= 0.6 is 11.6 Å². The summed E-state index contributed by atoms with van der Waals surface area (Å²) in [5.41, 5.74) is 0.557. The van der Waals surface area contributed by atoms with Gasteiger partial charge in [-0.1, -0.05) is 30.5 Å². The van der Waals surface area contributed by atoms with Crippen LogP contribution in [0.1, 0.15) is 37.3 Å². The number of rotatable bonds is 4. The molecule has 1 N–H and O–H groups in total. The smallest absolute Gasteiger partial charge is 0.327 e. The van der Waals surface area contributed by atoms with E-state index in [-0.39, 0.29) is 11.1 Å². The van der Waals surface area contributed by atoms with Crippen molar-refractivity contribution >= 4 is 17.6 Å². The first-order valence-corrected chi connectivity index (χ1v) is 6.78. The lowest BCUT2D eigenvalue weighted by molar-refractivity contribution is -0.143. The van der Waals surface area contributed by atoms with Crippen molar-refractivity contribution in [2.24, 2.45) is 0 Å². The summed E-state index contributed by atoms with van der Waals surface area (Å²) in [7, 11) is 1.34. The molecule has 0 radical (unpaired) electrons. The lowest BCUT2D eigenvalue weighted by Crippen LogP contribution is -2.36. The Bertz CT molecular complexity index is 461. The predicted molar refractivity (Wildman–Crippen MR) is 71.6 cm³/mol. The standard InChI is InChI=1S/C14H17ClFNO2/c1-19-14(18)13(17-10-4-2-3-5-10)11-7-6-9(16)8-12(11)15/h6-8,10,13,17H,2-5H2,1H3. The normalized spacial score (nSPS) is 17.4. The molecule has 2 rings (SSSR count). The van der Waals surface area contributed by atoms with Gasteiger partial charge in [0, 0.05) is 11.1 Å². The number of carbonyl (C=O) groups is 1. The third kappa shape index (κ3) is 3.45. The summed E-state index contributed by atoms with van der Waals surface area (Å²) in [6.07, 6.45) is 4.38. The van der Waals surface area contributed by atoms with Crippen LogP contribution in [0.4, 0.5) is 4.39 Å². The van der Waals surface area contributed by atoms with Crippen LogP contribution in [0.3, 0.4) is 0 Å². The van der Waals surface area contributed by atoms with Gasteiger partial charge in [0.1, 0.15) is 11.9 Å². The molecule has 0 bridgehead atoms. The molecule has 1 unspecified atom stereocenters. The van der Waals surface area contributed by atoms with E-state index < -0.39 is 17.8 Å². The van der Waals surface area contributed by atoms with E-state index >= 15 is 0 Å². The Kier molecular flexibility index (Phi) is 4.77. The first-order valence-electron chi connectivity index (χ1n) is 6.40. The number of carbonyl (C=O) groups excluding carboxylic acids is 1. The van der Waals surface area contributed by atoms with Crippen LogP contribution in [-0.4, -0.2) is 19.1 Å². The number of nitrogens with one attached hydrogen (secondary N) is 1. The van der Waals surface area contributed by atoms with Crippen molar-refractivity contribution in [2.75, 3.05) is 7.11 Å². The quantitative estimate of drug-likeness (QED) is 0.863. The zero-order valence-corrected chi connectivity index (χ0v) is 11.5. The summed E-state index contributed by atoms with van der Waals surface area (Å²) in [4.78, 5) is 11.9. The van der Waals surface area contributed by atoms with Gasteiger partial charge in [-0.25, -0.2) is 9.18 Å².